The molecule has 0 aliphatic heterocycles. The molecular formula is C17H16N2O. The van der Waals surface area contributed by atoms with Gasteiger partial charge in [-0.2, -0.15) is 0 Å². The zero-order valence-electron chi connectivity index (χ0n) is 11.3. The Morgan fingerprint density at radius 1 is 1.10 bits per heavy atom. The van der Waals surface area contributed by atoms with Gasteiger partial charge in [0.1, 0.15) is 12.4 Å². The number of ether oxygens (including phenoxy) is 1. The Bertz CT molecular complexity index is 748. The lowest BCUT2D eigenvalue weighted by molar-refractivity contribution is 0.307. The first kappa shape index (κ1) is 12.5. The number of nitrogen functional groups attached to an aromatic ring is 1. The third-order valence-corrected chi connectivity index (χ3v) is 3.37. The second-order valence-corrected chi connectivity index (χ2v) is 4.79. The molecule has 0 unspecified atom stereocenters. The van der Waals surface area contributed by atoms with Crippen molar-refractivity contribution in [2.75, 3.05) is 5.73 Å². The third kappa shape index (κ3) is 2.43. The number of aryl methyl sites for hydroxylation is 1. The molecule has 3 heteroatoms. The summed E-state index contributed by atoms with van der Waals surface area (Å²) in [6.45, 7) is 2.50. The molecule has 0 amide bonds. The number of para-hydroxylation sites is 1. The van der Waals surface area contributed by atoms with E-state index in [0.717, 1.165) is 33.5 Å². The number of pyridine rings is 1. The molecule has 2 aromatic carbocycles. The number of benzene rings is 2. The highest BCUT2D eigenvalue weighted by Gasteiger charge is 2.03. The van der Waals surface area contributed by atoms with Crippen molar-refractivity contribution >= 4 is 16.6 Å². The Kier molecular flexibility index (Phi) is 3.25. The molecule has 1 aromatic heterocycles. The van der Waals surface area contributed by atoms with E-state index < -0.39 is 0 Å². The van der Waals surface area contributed by atoms with Crippen molar-refractivity contribution in [1.29, 1.82) is 0 Å². The zero-order valence-corrected chi connectivity index (χ0v) is 11.3. The summed E-state index contributed by atoms with van der Waals surface area (Å²) in [6.07, 6.45) is 1.81. The Morgan fingerprint density at radius 3 is 2.80 bits per heavy atom. The van der Waals surface area contributed by atoms with Gasteiger partial charge in [0.25, 0.3) is 0 Å². The van der Waals surface area contributed by atoms with E-state index in [1.54, 1.807) is 0 Å². The van der Waals surface area contributed by atoms with E-state index in [1.165, 1.54) is 0 Å². The van der Waals surface area contributed by atoms with Gasteiger partial charge in [-0.1, -0.05) is 18.2 Å². The number of nitrogens with zero attached hydrogens (tertiary/aromatic N) is 1. The van der Waals surface area contributed by atoms with Crippen molar-refractivity contribution in [3.8, 4) is 5.75 Å². The molecule has 0 saturated heterocycles. The smallest absolute Gasteiger partial charge is 0.120 e. The fraction of sp³-hybridized carbons (Fsp3) is 0.118. The van der Waals surface area contributed by atoms with Crippen LogP contribution in [0.15, 0.2) is 54.7 Å². The van der Waals surface area contributed by atoms with Gasteiger partial charge in [-0.05, 0) is 42.8 Å². The second-order valence-electron chi connectivity index (χ2n) is 4.79. The molecule has 0 radical (unpaired) electrons. The Labute approximate surface area is 118 Å². The van der Waals surface area contributed by atoms with E-state index in [4.69, 9.17) is 10.5 Å². The summed E-state index contributed by atoms with van der Waals surface area (Å²) in [6, 6.07) is 15.8. The molecule has 0 atom stereocenters. The fourth-order valence-electron chi connectivity index (χ4n) is 2.18. The van der Waals surface area contributed by atoms with Gasteiger partial charge in [-0.25, -0.2) is 0 Å². The number of hydrogen-bond acceptors (Lipinski definition) is 3. The lowest BCUT2D eigenvalue weighted by Crippen LogP contribution is -1.98. The van der Waals surface area contributed by atoms with E-state index in [-0.39, 0.29) is 0 Å². The van der Waals surface area contributed by atoms with Crippen LogP contribution < -0.4 is 10.5 Å². The summed E-state index contributed by atoms with van der Waals surface area (Å²) in [5, 5.41) is 1.13. The minimum atomic E-state index is 0.520. The quantitative estimate of drug-likeness (QED) is 0.734. The van der Waals surface area contributed by atoms with Gasteiger partial charge < -0.3 is 10.5 Å². The van der Waals surface area contributed by atoms with E-state index in [1.807, 2.05) is 55.6 Å². The van der Waals surface area contributed by atoms with Crippen LogP contribution in [0.25, 0.3) is 10.9 Å². The molecule has 2 N–H and O–H groups in total. The van der Waals surface area contributed by atoms with Crippen LogP contribution in [0.5, 0.6) is 5.75 Å². The van der Waals surface area contributed by atoms with Gasteiger partial charge in [-0.3, -0.25) is 4.98 Å². The molecule has 0 aliphatic carbocycles. The Balaban J connectivity index is 1.85. The van der Waals surface area contributed by atoms with Gasteiger partial charge in [0.15, 0.2) is 0 Å². The first-order valence-electron chi connectivity index (χ1n) is 6.55. The van der Waals surface area contributed by atoms with Gasteiger partial charge in [0.2, 0.25) is 0 Å². The average molecular weight is 264 g/mol. The second kappa shape index (κ2) is 5.21. The fourth-order valence-corrected chi connectivity index (χ4v) is 2.18. The molecule has 3 aromatic rings. The highest BCUT2D eigenvalue weighted by molar-refractivity contribution is 5.81. The van der Waals surface area contributed by atoms with Gasteiger partial charge in [0, 0.05) is 22.8 Å². The number of anilines is 1. The molecule has 1 heterocycles. The van der Waals surface area contributed by atoms with Crippen molar-refractivity contribution in [3.05, 3.63) is 65.9 Å². The summed E-state index contributed by atoms with van der Waals surface area (Å²) in [7, 11) is 0. The van der Waals surface area contributed by atoms with Crippen molar-refractivity contribution in [3.63, 3.8) is 0 Å². The van der Waals surface area contributed by atoms with Crippen molar-refractivity contribution in [2.24, 2.45) is 0 Å². The van der Waals surface area contributed by atoms with Crippen molar-refractivity contribution in [2.45, 2.75) is 13.5 Å². The summed E-state index contributed by atoms with van der Waals surface area (Å²) in [4.78, 5) is 4.35. The average Bonchev–Trinajstić information content (AvgIpc) is 2.48. The zero-order chi connectivity index (χ0) is 13.9. The van der Waals surface area contributed by atoms with Gasteiger partial charge in [0.05, 0.1) is 5.52 Å². The van der Waals surface area contributed by atoms with Crippen LogP contribution in [-0.2, 0) is 6.61 Å². The third-order valence-electron chi connectivity index (χ3n) is 3.37. The minimum Gasteiger partial charge on any atom is -0.489 e. The van der Waals surface area contributed by atoms with Crippen molar-refractivity contribution in [1.82, 2.24) is 4.98 Å². The van der Waals surface area contributed by atoms with Gasteiger partial charge >= 0.3 is 0 Å². The molecule has 100 valence electrons. The largest absolute Gasteiger partial charge is 0.489 e. The maximum atomic E-state index is 5.85. The molecule has 0 aliphatic rings. The number of fused-ring (bicyclic) bond motifs is 1. The molecule has 0 spiro atoms. The van der Waals surface area contributed by atoms with Crippen LogP contribution in [0.1, 0.15) is 11.1 Å². The SMILES string of the molecule is Cc1cc(OCc2ccnc3ccccc23)ccc1N. The van der Waals surface area contributed by atoms with Crippen molar-refractivity contribution < 1.29 is 4.74 Å². The summed E-state index contributed by atoms with van der Waals surface area (Å²) in [5.41, 5.74) is 9.74. The number of nitrogens with two attached hydrogens (primary N) is 1. The monoisotopic (exact) mass is 264 g/mol. The molecule has 3 rings (SSSR count). The molecule has 3 nitrogen and oxygen atoms in total. The lowest BCUT2D eigenvalue weighted by Gasteiger charge is -2.10. The first-order chi connectivity index (χ1) is 9.74. The van der Waals surface area contributed by atoms with E-state index in [0.29, 0.717) is 6.61 Å². The summed E-state index contributed by atoms with van der Waals surface area (Å²) < 4.78 is 5.85. The van der Waals surface area contributed by atoms with Crippen LogP contribution in [-0.4, -0.2) is 4.98 Å². The maximum absolute atomic E-state index is 5.85. The van der Waals surface area contributed by atoms with E-state index in [2.05, 4.69) is 11.1 Å². The van der Waals surface area contributed by atoms with E-state index >= 15 is 0 Å². The van der Waals surface area contributed by atoms with Crippen LogP contribution in [0.3, 0.4) is 0 Å². The molecule has 0 saturated carbocycles. The normalized spacial score (nSPS) is 10.7. The van der Waals surface area contributed by atoms with Crippen LogP contribution >= 0.6 is 0 Å². The summed E-state index contributed by atoms with van der Waals surface area (Å²) in [5.74, 6) is 0.831. The standard InChI is InChI=1S/C17H16N2O/c1-12-10-14(6-7-16(12)18)20-11-13-8-9-19-17-5-3-2-4-15(13)17/h2-10H,11,18H2,1H3. The highest BCUT2D eigenvalue weighted by Crippen LogP contribution is 2.22. The molecule has 0 bridgehead atoms. The first-order valence-corrected chi connectivity index (χ1v) is 6.55. The van der Waals surface area contributed by atoms with Gasteiger partial charge in [-0.15, -0.1) is 0 Å². The van der Waals surface area contributed by atoms with Crippen LogP contribution in [0.4, 0.5) is 5.69 Å². The maximum Gasteiger partial charge on any atom is 0.120 e. The Hall–Kier alpha value is -2.55. The number of rotatable bonds is 3. The minimum absolute atomic E-state index is 0.520. The predicted molar refractivity (Wildman–Crippen MR) is 81.7 cm³/mol. The molecule has 20 heavy (non-hydrogen) atoms. The predicted octanol–water partition coefficient (Wildman–Crippen LogP) is 3.70. The van der Waals surface area contributed by atoms with E-state index in [9.17, 15) is 0 Å². The van der Waals surface area contributed by atoms with Crippen LogP contribution in [0, 0.1) is 6.92 Å². The molecule has 0 fully saturated rings. The number of hydrogen-bond donors (Lipinski definition) is 1. The Morgan fingerprint density at radius 2 is 1.95 bits per heavy atom. The number of aromatic nitrogens is 1. The topological polar surface area (TPSA) is 48.1 Å². The molecular weight excluding hydrogens is 248 g/mol. The highest BCUT2D eigenvalue weighted by atomic mass is 16.5. The lowest BCUT2D eigenvalue weighted by atomic mass is 10.1. The van der Waals surface area contributed by atoms with Crippen LogP contribution in [0.2, 0.25) is 0 Å². The summed E-state index contributed by atoms with van der Waals surface area (Å²) >= 11 is 0.